The van der Waals surface area contributed by atoms with Gasteiger partial charge in [-0.3, -0.25) is 14.4 Å². The van der Waals surface area contributed by atoms with Crippen LogP contribution in [0.25, 0.3) is 10.8 Å². The molecule has 4 atom stereocenters. The molecule has 1 heterocycles. The Morgan fingerprint density at radius 1 is 0.857 bits per heavy atom. The van der Waals surface area contributed by atoms with Crippen LogP contribution < -0.4 is 21.3 Å². The topological polar surface area (TPSA) is 175 Å². The number of benzene rings is 3. The first kappa shape index (κ1) is 36.6. The number of aliphatic hydroxyl groups is 1. The van der Waals surface area contributed by atoms with Crippen molar-refractivity contribution in [2.24, 2.45) is 5.92 Å². The predicted octanol–water partition coefficient (Wildman–Crippen LogP) is 3.55. The molecule has 0 aliphatic heterocycles. The molecule has 49 heavy (non-hydrogen) atoms. The Balaban J connectivity index is 1.57. The van der Waals surface area contributed by atoms with E-state index < -0.39 is 42.1 Å². The average Bonchev–Trinajstić information content (AvgIpc) is 3.60. The van der Waals surface area contributed by atoms with E-state index in [0.29, 0.717) is 18.7 Å². The number of aromatic amines is 1. The fraction of sp³-hybridized carbons (Fsp3) is 0.378. The molecule has 0 aliphatic rings. The highest BCUT2D eigenvalue weighted by Gasteiger charge is 2.32. The molecule has 0 bridgehead atoms. The van der Waals surface area contributed by atoms with Gasteiger partial charge in [0.2, 0.25) is 17.7 Å². The van der Waals surface area contributed by atoms with Crippen molar-refractivity contribution in [2.75, 3.05) is 6.54 Å². The number of ether oxygens (including phenoxy) is 1. The van der Waals surface area contributed by atoms with Gasteiger partial charge in [-0.25, -0.2) is 9.78 Å². The monoisotopic (exact) mass is 670 g/mol. The summed E-state index contributed by atoms with van der Waals surface area (Å²) in [5.74, 6) is -1.40. The number of alkyl carbamates (subject to hydrolysis) is 1. The average molecular weight is 671 g/mol. The van der Waals surface area contributed by atoms with Crippen LogP contribution in [0.1, 0.15) is 50.4 Å². The lowest BCUT2D eigenvalue weighted by molar-refractivity contribution is -0.131. The van der Waals surface area contributed by atoms with E-state index in [1.807, 2.05) is 86.6 Å². The number of nitrogens with one attached hydrogen (secondary N) is 5. The van der Waals surface area contributed by atoms with Gasteiger partial charge in [-0.05, 0) is 41.2 Å². The third-order valence-corrected chi connectivity index (χ3v) is 8.02. The summed E-state index contributed by atoms with van der Waals surface area (Å²) >= 11 is 0. The van der Waals surface area contributed by atoms with Crippen LogP contribution in [-0.4, -0.2) is 69.7 Å². The fourth-order valence-corrected chi connectivity index (χ4v) is 5.61. The Labute approximate surface area is 286 Å². The Hall–Kier alpha value is -5.23. The van der Waals surface area contributed by atoms with Crippen molar-refractivity contribution in [2.45, 2.75) is 77.3 Å². The van der Waals surface area contributed by atoms with E-state index in [4.69, 9.17) is 4.74 Å². The summed E-state index contributed by atoms with van der Waals surface area (Å²) in [5, 5.41) is 23.9. The van der Waals surface area contributed by atoms with Gasteiger partial charge in [0.1, 0.15) is 18.7 Å². The van der Waals surface area contributed by atoms with Crippen LogP contribution in [0.3, 0.4) is 0 Å². The lowest BCUT2D eigenvalue weighted by atomic mass is 9.96. The van der Waals surface area contributed by atoms with Crippen LogP contribution in [0, 0.1) is 5.92 Å². The molecule has 2 unspecified atom stereocenters. The lowest BCUT2D eigenvalue weighted by Gasteiger charge is -2.29. The molecule has 0 saturated heterocycles. The van der Waals surface area contributed by atoms with Crippen molar-refractivity contribution >= 4 is 34.6 Å². The molecule has 0 spiro atoms. The normalized spacial score (nSPS) is 13.6. The minimum atomic E-state index is -1.15. The Bertz CT molecular complexity index is 1660. The zero-order valence-corrected chi connectivity index (χ0v) is 28.1. The maximum atomic E-state index is 14.1. The van der Waals surface area contributed by atoms with Crippen molar-refractivity contribution in [3.05, 3.63) is 102 Å². The van der Waals surface area contributed by atoms with Gasteiger partial charge in [-0.2, -0.15) is 0 Å². The Morgan fingerprint density at radius 3 is 2.27 bits per heavy atom. The number of aromatic nitrogens is 2. The molecule has 4 aromatic rings. The van der Waals surface area contributed by atoms with E-state index in [1.165, 1.54) is 6.33 Å². The second kappa shape index (κ2) is 18.3. The lowest BCUT2D eigenvalue weighted by Crippen LogP contribution is -2.57. The molecular weight excluding hydrogens is 624 g/mol. The van der Waals surface area contributed by atoms with Gasteiger partial charge in [-0.15, -0.1) is 0 Å². The van der Waals surface area contributed by atoms with E-state index in [0.717, 1.165) is 21.9 Å². The number of hydrogen-bond donors (Lipinski definition) is 6. The molecule has 4 amide bonds. The quantitative estimate of drug-likeness (QED) is 0.0996. The number of rotatable bonds is 17. The number of amides is 4. The Morgan fingerprint density at radius 2 is 1.55 bits per heavy atom. The third-order valence-electron chi connectivity index (χ3n) is 8.02. The van der Waals surface area contributed by atoms with Crippen LogP contribution >= 0.6 is 0 Å². The molecule has 4 rings (SSSR count). The smallest absolute Gasteiger partial charge is 0.408 e. The van der Waals surface area contributed by atoms with Gasteiger partial charge in [0.25, 0.3) is 0 Å². The van der Waals surface area contributed by atoms with Crippen molar-refractivity contribution in [1.82, 2.24) is 31.2 Å². The van der Waals surface area contributed by atoms with Gasteiger partial charge in [0.15, 0.2) is 0 Å². The molecule has 12 heteroatoms. The van der Waals surface area contributed by atoms with Crippen LogP contribution in [0.4, 0.5) is 4.79 Å². The van der Waals surface area contributed by atoms with Gasteiger partial charge in [0, 0.05) is 31.3 Å². The van der Waals surface area contributed by atoms with Gasteiger partial charge < -0.3 is 36.1 Å². The van der Waals surface area contributed by atoms with Crippen molar-refractivity contribution in [3.8, 4) is 0 Å². The molecule has 12 nitrogen and oxygen atoms in total. The largest absolute Gasteiger partial charge is 0.445 e. The van der Waals surface area contributed by atoms with E-state index in [2.05, 4.69) is 31.2 Å². The first-order valence-electron chi connectivity index (χ1n) is 16.6. The highest BCUT2D eigenvalue weighted by Crippen LogP contribution is 2.20. The second-order valence-corrected chi connectivity index (χ2v) is 12.4. The predicted molar refractivity (Wildman–Crippen MR) is 186 cm³/mol. The number of H-pyrrole nitrogens is 1. The van der Waals surface area contributed by atoms with Crippen molar-refractivity contribution < 1.29 is 29.0 Å². The van der Waals surface area contributed by atoms with Gasteiger partial charge in [0.05, 0.1) is 24.9 Å². The minimum Gasteiger partial charge on any atom is -0.445 e. The first-order chi connectivity index (χ1) is 23.6. The van der Waals surface area contributed by atoms with E-state index >= 15 is 0 Å². The molecule has 0 aliphatic carbocycles. The number of nitrogens with zero attached hydrogens (tertiary/aromatic N) is 1. The molecule has 260 valence electrons. The molecule has 0 saturated carbocycles. The van der Waals surface area contributed by atoms with Crippen LogP contribution in [0.5, 0.6) is 0 Å². The standard InChI is InChI=1S/C37H46N6O6/c1-4-39-34(45)20-33(44)30(17-24(2)3)41-36(47)32(19-28-21-38-23-40-28)42-35(46)31(43-37(48)49-22-25-11-6-5-7-12-25)18-27-15-10-14-26-13-8-9-16-29(26)27/h5-16,21,23-24,30-33,44H,4,17-20,22H2,1-3H3,(H,38,40)(H,39,45)(H,41,47)(H,42,46)(H,43,48)/t30?,31-,32-,33?/m0/s1. The number of fused-ring (bicyclic) bond motifs is 1. The van der Waals surface area contributed by atoms with E-state index in [1.54, 1.807) is 13.1 Å². The molecule has 6 N–H and O–H groups in total. The molecule has 1 aromatic heterocycles. The van der Waals surface area contributed by atoms with Gasteiger partial charge in [-0.1, -0.05) is 86.6 Å². The van der Waals surface area contributed by atoms with E-state index in [9.17, 15) is 24.3 Å². The number of hydrogen-bond acceptors (Lipinski definition) is 7. The van der Waals surface area contributed by atoms with E-state index in [-0.39, 0.29) is 37.7 Å². The molecular formula is C37H46N6O6. The fourth-order valence-electron chi connectivity index (χ4n) is 5.61. The molecule has 0 radical (unpaired) electrons. The minimum absolute atomic E-state index is 0.00990. The van der Waals surface area contributed by atoms with Crippen molar-refractivity contribution in [1.29, 1.82) is 0 Å². The maximum absolute atomic E-state index is 14.1. The Kier molecular flexibility index (Phi) is 13.7. The van der Waals surface area contributed by atoms with Gasteiger partial charge >= 0.3 is 6.09 Å². The molecule has 0 fully saturated rings. The summed E-state index contributed by atoms with van der Waals surface area (Å²) in [4.78, 5) is 60.2. The maximum Gasteiger partial charge on any atom is 0.408 e. The highest BCUT2D eigenvalue weighted by atomic mass is 16.5. The zero-order chi connectivity index (χ0) is 35.2. The number of aliphatic hydroxyl groups excluding tert-OH is 1. The highest BCUT2D eigenvalue weighted by molar-refractivity contribution is 5.93. The number of carbonyl (C=O) groups excluding carboxylic acids is 4. The summed E-state index contributed by atoms with van der Waals surface area (Å²) in [6, 6.07) is 19.7. The molecule has 3 aromatic carbocycles. The summed E-state index contributed by atoms with van der Waals surface area (Å²) < 4.78 is 5.45. The summed E-state index contributed by atoms with van der Waals surface area (Å²) in [6.07, 6.45) is 1.46. The summed E-state index contributed by atoms with van der Waals surface area (Å²) in [6.45, 7) is 6.10. The first-order valence-corrected chi connectivity index (χ1v) is 16.6. The SMILES string of the molecule is CCNC(=O)CC(O)C(CC(C)C)NC(=O)[C@H](Cc1cnc[nH]1)NC(=O)[C@H](Cc1cccc2ccccc12)NC(=O)OCc1ccccc1. The number of carbonyl (C=O) groups is 4. The van der Waals surface area contributed by atoms with Crippen LogP contribution in [0.2, 0.25) is 0 Å². The van der Waals surface area contributed by atoms with Crippen molar-refractivity contribution in [3.63, 3.8) is 0 Å². The summed E-state index contributed by atoms with van der Waals surface area (Å²) in [5.41, 5.74) is 2.19. The zero-order valence-electron chi connectivity index (χ0n) is 28.1. The summed E-state index contributed by atoms with van der Waals surface area (Å²) in [7, 11) is 0. The third kappa shape index (κ3) is 11.5. The second-order valence-electron chi connectivity index (χ2n) is 12.4. The van der Waals surface area contributed by atoms with Crippen LogP contribution in [0.15, 0.2) is 85.3 Å². The number of imidazole rings is 1. The van der Waals surface area contributed by atoms with Crippen LogP contribution in [-0.2, 0) is 38.6 Å².